The second-order valence-electron chi connectivity index (χ2n) is 6.12. The van der Waals surface area contributed by atoms with Gasteiger partial charge in [0.15, 0.2) is 5.13 Å². The number of carbonyl (C=O) groups is 2. The average molecular weight is 288 g/mol. The van der Waals surface area contributed by atoms with E-state index in [1.54, 1.807) is 11.6 Å². The number of anilines is 1. The summed E-state index contributed by atoms with van der Waals surface area (Å²) in [5.41, 5.74) is 2.69. The highest BCUT2D eigenvalue weighted by Crippen LogP contribution is 2.60. The van der Waals surface area contributed by atoms with Gasteiger partial charge in [0, 0.05) is 11.6 Å². The van der Waals surface area contributed by atoms with E-state index >= 15 is 0 Å². The van der Waals surface area contributed by atoms with E-state index in [-0.39, 0.29) is 35.5 Å². The summed E-state index contributed by atoms with van der Waals surface area (Å²) in [6, 6.07) is 0. The van der Waals surface area contributed by atoms with Crippen molar-refractivity contribution >= 4 is 28.3 Å². The van der Waals surface area contributed by atoms with Crippen molar-refractivity contribution in [3.63, 3.8) is 0 Å². The monoisotopic (exact) mass is 288 g/mol. The van der Waals surface area contributed by atoms with E-state index in [1.807, 2.05) is 0 Å². The van der Waals surface area contributed by atoms with Gasteiger partial charge in [-0.25, -0.2) is 9.88 Å². The normalized spacial score (nSPS) is 35.1. The molecule has 1 aromatic heterocycles. The molecule has 1 aromatic rings. The van der Waals surface area contributed by atoms with E-state index in [4.69, 9.17) is 0 Å². The van der Waals surface area contributed by atoms with Gasteiger partial charge in [0.05, 0.1) is 11.8 Å². The van der Waals surface area contributed by atoms with Gasteiger partial charge in [-0.05, 0) is 38.5 Å². The van der Waals surface area contributed by atoms with Crippen molar-refractivity contribution in [1.29, 1.82) is 0 Å². The number of fused-ring (bicyclic) bond motifs is 5. The summed E-state index contributed by atoms with van der Waals surface area (Å²) in [6.45, 7) is 4.21. The number of imide groups is 1. The second-order valence-corrected chi connectivity index (χ2v) is 7.00. The molecule has 2 aliphatic carbocycles. The molecule has 1 saturated heterocycles. The Bertz CT molecular complexity index is 598. The summed E-state index contributed by atoms with van der Waals surface area (Å²) in [4.78, 5) is 30.9. The number of amides is 2. The van der Waals surface area contributed by atoms with Gasteiger partial charge in [0.2, 0.25) is 11.8 Å². The molecule has 0 spiro atoms. The summed E-state index contributed by atoms with van der Waals surface area (Å²) >= 11 is 1.36. The SMILES string of the molecule is CC(C)=C1[C@H]2CC[C@@H]1[C@@H]1C(=O)N(c3nccs3)C(=O)[C@H]12. The summed E-state index contributed by atoms with van der Waals surface area (Å²) in [7, 11) is 0. The average Bonchev–Trinajstić information content (AvgIpc) is 3.13. The van der Waals surface area contributed by atoms with Gasteiger partial charge in [-0.15, -0.1) is 11.3 Å². The van der Waals surface area contributed by atoms with Gasteiger partial charge < -0.3 is 0 Å². The molecular weight excluding hydrogens is 272 g/mol. The molecule has 3 fully saturated rings. The van der Waals surface area contributed by atoms with Crippen LogP contribution in [0.25, 0.3) is 0 Å². The number of nitrogens with zero attached hydrogens (tertiary/aromatic N) is 2. The minimum Gasteiger partial charge on any atom is -0.274 e. The quantitative estimate of drug-likeness (QED) is 0.589. The first-order chi connectivity index (χ1) is 9.61. The number of aromatic nitrogens is 1. The molecule has 104 valence electrons. The second kappa shape index (κ2) is 4.01. The molecular formula is C15H16N2O2S. The zero-order valence-electron chi connectivity index (χ0n) is 11.5. The molecule has 0 aromatic carbocycles. The van der Waals surface area contributed by atoms with Crippen molar-refractivity contribution in [2.75, 3.05) is 4.90 Å². The number of thiazole rings is 1. The summed E-state index contributed by atoms with van der Waals surface area (Å²) in [5, 5.41) is 2.34. The Hall–Kier alpha value is -1.49. The molecule has 2 saturated carbocycles. The van der Waals surface area contributed by atoms with E-state index in [0.717, 1.165) is 12.8 Å². The van der Waals surface area contributed by atoms with Crippen LogP contribution >= 0.6 is 11.3 Å². The maximum absolute atomic E-state index is 12.7. The Labute approximate surface area is 121 Å². The smallest absolute Gasteiger partial charge is 0.240 e. The molecule has 4 nitrogen and oxygen atoms in total. The van der Waals surface area contributed by atoms with Gasteiger partial charge in [0.1, 0.15) is 0 Å². The largest absolute Gasteiger partial charge is 0.274 e. The van der Waals surface area contributed by atoms with Crippen LogP contribution in [0.3, 0.4) is 0 Å². The molecule has 2 amide bonds. The minimum absolute atomic E-state index is 0.0269. The standard InChI is InChI=1S/C15H16N2O2S/c1-7(2)10-8-3-4-9(10)12-11(8)13(18)17(14(12)19)15-16-5-6-20-15/h5-6,8-9,11-12H,3-4H2,1-2H3/t8-,9+,11-,12-/m0/s1. The van der Waals surface area contributed by atoms with Gasteiger partial charge in [-0.1, -0.05) is 11.1 Å². The highest BCUT2D eigenvalue weighted by molar-refractivity contribution is 7.14. The molecule has 2 heterocycles. The lowest BCUT2D eigenvalue weighted by atomic mass is 9.81. The zero-order chi connectivity index (χ0) is 14.0. The third-order valence-corrected chi connectivity index (χ3v) is 5.80. The number of rotatable bonds is 1. The topological polar surface area (TPSA) is 50.3 Å². The zero-order valence-corrected chi connectivity index (χ0v) is 12.3. The van der Waals surface area contributed by atoms with Crippen molar-refractivity contribution < 1.29 is 9.59 Å². The fourth-order valence-corrected chi connectivity index (χ4v) is 5.16. The van der Waals surface area contributed by atoms with Crippen molar-refractivity contribution in [3.05, 3.63) is 22.7 Å². The molecule has 3 aliphatic rings. The Morgan fingerprint density at radius 1 is 1.20 bits per heavy atom. The van der Waals surface area contributed by atoms with Crippen LogP contribution < -0.4 is 4.90 Å². The molecule has 20 heavy (non-hydrogen) atoms. The Balaban J connectivity index is 1.79. The maximum Gasteiger partial charge on any atom is 0.240 e. The van der Waals surface area contributed by atoms with Gasteiger partial charge >= 0.3 is 0 Å². The summed E-state index contributed by atoms with van der Waals surface area (Å²) in [6.07, 6.45) is 3.75. The van der Waals surface area contributed by atoms with Crippen molar-refractivity contribution in [1.82, 2.24) is 4.98 Å². The van der Waals surface area contributed by atoms with Crippen molar-refractivity contribution in [2.45, 2.75) is 26.7 Å². The van der Waals surface area contributed by atoms with Crippen LogP contribution in [-0.4, -0.2) is 16.8 Å². The molecule has 1 aliphatic heterocycles. The van der Waals surface area contributed by atoms with Gasteiger partial charge in [0.25, 0.3) is 0 Å². The lowest BCUT2D eigenvalue weighted by Crippen LogP contribution is -2.33. The van der Waals surface area contributed by atoms with Crippen LogP contribution in [0.4, 0.5) is 5.13 Å². The Morgan fingerprint density at radius 3 is 2.25 bits per heavy atom. The number of hydrogen-bond donors (Lipinski definition) is 0. The van der Waals surface area contributed by atoms with Crippen LogP contribution in [0, 0.1) is 23.7 Å². The maximum atomic E-state index is 12.7. The molecule has 0 N–H and O–H groups in total. The van der Waals surface area contributed by atoms with E-state index in [1.165, 1.54) is 27.4 Å². The summed E-state index contributed by atoms with van der Waals surface area (Å²) < 4.78 is 0. The molecule has 5 heteroatoms. The Morgan fingerprint density at radius 2 is 1.80 bits per heavy atom. The van der Waals surface area contributed by atoms with E-state index in [0.29, 0.717) is 5.13 Å². The highest BCUT2D eigenvalue weighted by Gasteiger charge is 2.63. The lowest BCUT2D eigenvalue weighted by molar-refractivity contribution is -0.123. The molecule has 4 rings (SSSR count). The van der Waals surface area contributed by atoms with Gasteiger partial charge in [-0.3, -0.25) is 9.59 Å². The Kier molecular flexibility index (Phi) is 2.46. The van der Waals surface area contributed by atoms with Crippen molar-refractivity contribution in [2.24, 2.45) is 23.7 Å². The number of hydrogen-bond acceptors (Lipinski definition) is 4. The first-order valence-electron chi connectivity index (χ1n) is 7.06. The van der Waals surface area contributed by atoms with Crippen LogP contribution in [-0.2, 0) is 9.59 Å². The lowest BCUT2D eigenvalue weighted by Gasteiger charge is -2.18. The summed E-state index contributed by atoms with van der Waals surface area (Å²) in [5.74, 6) is 0.264. The predicted molar refractivity (Wildman–Crippen MR) is 76.2 cm³/mol. The first kappa shape index (κ1) is 12.3. The molecule has 4 atom stereocenters. The molecule has 2 bridgehead atoms. The third kappa shape index (κ3) is 1.34. The molecule has 0 radical (unpaired) electrons. The number of allylic oxidation sites excluding steroid dienone is 2. The first-order valence-corrected chi connectivity index (χ1v) is 7.93. The van der Waals surface area contributed by atoms with Crippen LogP contribution in [0.2, 0.25) is 0 Å². The third-order valence-electron chi connectivity index (χ3n) is 5.04. The minimum atomic E-state index is -0.130. The highest BCUT2D eigenvalue weighted by atomic mass is 32.1. The number of carbonyl (C=O) groups excluding carboxylic acids is 2. The van der Waals surface area contributed by atoms with E-state index < -0.39 is 0 Å². The van der Waals surface area contributed by atoms with Crippen LogP contribution in [0.15, 0.2) is 22.7 Å². The fraction of sp³-hybridized carbons (Fsp3) is 0.533. The van der Waals surface area contributed by atoms with Crippen molar-refractivity contribution in [3.8, 4) is 0 Å². The van der Waals surface area contributed by atoms with Gasteiger partial charge in [-0.2, -0.15) is 0 Å². The van der Waals surface area contributed by atoms with Crippen LogP contribution in [0.5, 0.6) is 0 Å². The molecule has 0 unspecified atom stereocenters. The fourth-order valence-electron chi connectivity index (χ4n) is 4.51. The van der Waals surface area contributed by atoms with Crippen LogP contribution in [0.1, 0.15) is 26.7 Å². The predicted octanol–water partition coefficient (Wildman–Crippen LogP) is 2.62. The van der Waals surface area contributed by atoms with E-state index in [2.05, 4.69) is 18.8 Å². The van der Waals surface area contributed by atoms with E-state index in [9.17, 15) is 9.59 Å².